The molecule has 0 radical (unpaired) electrons. The second-order valence-corrected chi connectivity index (χ2v) is 5.44. The fraction of sp³-hybridized carbons (Fsp3) is 0.733. The van der Waals surface area contributed by atoms with Crippen molar-refractivity contribution in [2.45, 2.75) is 45.6 Å². The van der Waals surface area contributed by atoms with E-state index in [0.29, 0.717) is 6.04 Å². The van der Waals surface area contributed by atoms with Crippen molar-refractivity contribution in [2.75, 3.05) is 37.3 Å². The van der Waals surface area contributed by atoms with E-state index in [9.17, 15) is 0 Å². The molecule has 0 saturated carbocycles. The standard InChI is InChI=1S/C15H27N5/c1-4-13-14(16-5-2)18-11-19-15(13)17-10-12-8-6-7-9-20(12)3/h11-12H,4-10H2,1-3H3,(H2,16,17,18,19). The van der Waals surface area contributed by atoms with Crippen LogP contribution in [0.15, 0.2) is 6.33 Å². The molecule has 0 bridgehead atoms. The lowest BCUT2D eigenvalue weighted by molar-refractivity contribution is 0.194. The molecular formula is C15H27N5. The zero-order chi connectivity index (χ0) is 14.4. The first-order chi connectivity index (χ1) is 9.76. The van der Waals surface area contributed by atoms with Gasteiger partial charge in [-0.25, -0.2) is 9.97 Å². The summed E-state index contributed by atoms with van der Waals surface area (Å²) >= 11 is 0. The monoisotopic (exact) mass is 277 g/mol. The minimum Gasteiger partial charge on any atom is -0.370 e. The highest BCUT2D eigenvalue weighted by molar-refractivity contribution is 5.57. The molecule has 1 saturated heterocycles. The first-order valence-corrected chi connectivity index (χ1v) is 7.78. The third kappa shape index (κ3) is 3.60. The van der Waals surface area contributed by atoms with E-state index in [4.69, 9.17) is 0 Å². The number of likely N-dealkylation sites (N-methyl/N-ethyl adjacent to an activating group) is 1. The van der Waals surface area contributed by atoms with Crippen LogP contribution in [-0.2, 0) is 6.42 Å². The van der Waals surface area contributed by atoms with Crippen LogP contribution in [0, 0.1) is 0 Å². The van der Waals surface area contributed by atoms with Gasteiger partial charge in [0.05, 0.1) is 0 Å². The molecule has 1 atom stereocenters. The van der Waals surface area contributed by atoms with Gasteiger partial charge in [0.2, 0.25) is 0 Å². The molecule has 112 valence electrons. The highest BCUT2D eigenvalue weighted by atomic mass is 15.2. The van der Waals surface area contributed by atoms with E-state index in [1.54, 1.807) is 6.33 Å². The molecule has 0 aliphatic carbocycles. The summed E-state index contributed by atoms with van der Waals surface area (Å²) in [6.07, 6.45) is 6.52. The Morgan fingerprint density at radius 2 is 1.95 bits per heavy atom. The summed E-state index contributed by atoms with van der Waals surface area (Å²) in [5.74, 6) is 1.95. The number of nitrogens with one attached hydrogen (secondary N) is 2. The van der Waals surface area contributed by atoms with Crippen molar-refractivity contribution in [3.63, 3.8) is 0 Å². The minimum atomic E-state index is 0.617. The van der Waals surface area contributed by atoms with Crippen molar-refractivity contribution in [3.8, 4) is 0 Å². The molecule has 2 rings (SSSR count). The van der Waals surface area contributed by atoms with Crippen molar-refractivity contribution in [2.24, 2.45) is 0 Å². The molecule has 1 aliphatic rings. The molecular weight excluding hydrogens is 250 g/mol. The van der Waals surface area contributed by atoms with Crippen LogP contribution < -0.4 is 10.6 Å². The molecule has 20 heavy (non-hydrogen) atoms. The quantitative estimate of drug-likeness (QED) is 0.836. The van der Waals surface area contributed by atoms with Crippen LogP contribution in [-0.4, -0.2) is 47.6 Å². The molecule has 1 aromatic rings. The van der Waals surface area contributed by atoms with E-state index in [0.717, 1.165) is 31.1 Å². The number of hydrogen-bond acceptors (Lipinski definition) is 5. The number of likely N-dealkylation sites (tertiary alicyclic amines) is 1. The van der Waals surface area contributed by atoms with Gasteiger partial charge in [0.25, 0.3) is 0 Å². The van der Waals surface area contributed by atoms with Crippen LogP contribution in [0.25, 0.3) is 0 Å². The van der Waals surface area contributed by atoms with Crippen LogP contribution in [0.2, 0.25) is 0 Å². The molecule has 2 heterocycles. The number of anilines is 2. The van der Waals surface area contributed by atoms with E-state index >= 15 is 0 Å². The van der Waals surface area contributed by atoms with E-state index in [-0.39, 0.29) is 0 Å². The Bertz CT molecular complexity index is 421. The Morgan fingerprint density at radius 3 is 2.60 bits per heavy atom. The normalized spacial score (nSPS) is 19.9. The van der Waals surface area contributed by atoms with E-state index < -0.39 is 0 Å². The van der Waals surface area contributed by atoms with Gasteiger partial charge < -0.3 is 15.5 Å². The lowest BCUT2D eigenvalue weighted by Gasteiger charge is -2.32. The number of piperidine rings is 1. The zero-order valence-corrected chi connectivity index (χ0v) is 12.9. The van der Waals surface area contributed by atoms with Crippen LogP contribution in [0.1, 0.15) is 38.7 Å². The highest BCUT2D eigenvalue weighted by Crippen LogP contribution is 2.21. The molecule has 5 heteroatoms. The third-order valence-electron chi connectivity index (χ3n) is 4.07. The maximum atomic E-state index is 4.42. The fourth-order valence-electron chi connectivity index (χ4n) is 2.84. The second-order valence-electron chi connectivity index (χ2n) is 5.44. The molecule has 0 amide bonds. The first kappa shape index (κ1) is 15.0. The van der Waals surface area contributed by atoms with Crippen LogP contribution in [0.5, 0.6) is 0 Å². The van der Waals surface area contributed by atoms with Crippen molar-refractivity contribution < 1.29 is 0 Å². The summed E-state index contributed by atoms with van der Waals surface area (Å²) in [7, 11) is 2.22. The molecule has 0 aromatic carbocycles. The van der Waals surface area contributed by atoms with Crippen LogP contribution in [0.4, 0.5) is 11.6 Å². The van der Waals surface area contributed by atoms with E-state index in [1.807, 2.05) is 0 Å². The van der Waals surface area contributed by atoms with Crippen molar-refractivity contribution in [1.29, 1.82) is 0 Å². The number of aromatic nitrogens is 2. The lowest BCUT2D eigenvalue weighted by atomic mass is 10.0. The van der Waals surface area contributed by atoms with Crippen LogP contribution >= 0.6 is 0 Å². The summed E-state index contributed by atoms with van der Waals surface area (Å²) in [5, 5.41) is 6.84. The van der Waals surface area contributed by atoms with Gasteiger partial charge in [0.1, 0.15) is 18.0 Å². The Balaban J connectivity index is 2.03. The van der Waals surface area contributed by atoms with Gasteiger partial charge in [0.15, 0.2) is 0 Å². The van der Waals surface area contributed by atoms with Crippen LogP contribution in [0.3, 0.4) is 0 Å². The molecule has 1 aliphatic heterocycles. The molecule has 1 unspecified atom stereocenters. The molecule has 5 nitrogen and oxygen atoms in total. The summed E-state index contributed by atoms with van der Waals surface area (Å²) in [5.41, 5.74) is 1.19. The largest absolute Gasteiger partial charge is 0.370 e. The average molecular weight is 277 g/mol. The first-order valence-electron chi connectivity index (χ1n) is 7.78. The van der Waals surface area contributed by atoms with Gasteiger partial charge in [-0.3, -0.25) is 0 Å². The number of nitrogens with zero attached hydrogens (tertiary/aromatic N) is 3. The van der Waals surface area contributed by atoms with Crippen molar-refractivity contribution >= 4 is 11.6 Å². The number of hydrogen-bond donors (Lipinski definition) is 2. The van der Waals surface area contributed by atoms with Gasteiger partial charge in [-0.2, -0.15) is 0 Å². The van der Waals surface area contributed by atoms with E-state index in [1.165, 1.54) is 31.4 Å². The Hall–Kier alpha value is -1.36. The maximum Gasteiger partial charge on any atom is 0.134 e. The summed E-state index contributed by atoms with van der Waals surface area (Å²) in [6, 6.07) is 0.617. The predicted molar refractivity (Wildman–Crippen MR) is 84.3 cm³/mol. The predicted octanol–water partition coefficient (Wildman–Crippen LogP) is 2.37. The lowest BCUT2D eigenvalue weighted by Crippen LogP contribution is -2.41. The SMILES string of the molecule is CCNc1ncnc(NCC2CCCCN2C)c1CC. The second kappa shape index (κ2) is 7.43. The van der Waals surface area contributed by atoms with E-state index in [2.05, 4.69) is 46.4 Å². The summed E-state index contributed by atoms with van der Waals surface area (Å²) in [4.78, 5) is 11.2. The smallest absolute Gasteiger partial charge is 0.134 e. The van der Waals surface area contributed by atoms with Crippen molar-refractivity contribution in [1.82, 2.24) is 14.9 Å². The molecule has 0 spiro atoms. The molecule has 2 N–H and O–H groups in total. The topological polar surface area (TPSA) is 53.1 Å². The molecule has 1 aromatic heterocycles. The minimum absolute atomic E-state index is 0.617. The Labute approximate surface area is 122 Å². The van der Waals surface area contributed by atoms with Gasteiger partial charge in [-0.1, -0.05) is 13.3 Å². The van der Waals surface area contributed by atoms with Crippen molar-refractivity contribution in [3.05, 3.63) is 11.9 Å². The summed E-state index contributed by atoms with van der Waals surface area (Å²) in [6.45, 7) is 7.30. The van der Waals surface area contributed by atoms with Gasteiger partial charge in [-0.05, 0) is 39.8 Å². The van der Waals surface area contributed by atoms with Gasteiger partial charge >= 0.3 is 0 Å². The summed E-state index contributed by atoms with van der Waals surface area (Å²) < 4.78 is 0. The number of rotatable bonds is 6. The maximum absolute atomic E-state index is 4.42. The Morgan fingerprint density at radius 1 is 1.20 bits per heavy atom. The fourth-order valence-corrected chi connectivity index (χ4v) is 2.84. The van der Waals surface area contributed by atoms with Gasteiger partial charge in [-0.15, -0.1) is 0 Å². The molecule has 1 fully saturated rings. The third-order valence-corrected chi connectivity index (χ3v) is 4.07. The highest BCUT2D eigenvalue weighted by Gasteiger charge is 2.19. The average Bonchev–Trinajstić information content (AvgIpc) is 2.47. The zero-order valence-electron chi connectivity index (χ0n) is 12.9. The Kier molecular flexibility index (Phi) is 5.59. The van der Waals surface area contributed by atoms with Gasteiger partial charge in [0, 0.05) is 24.7 Å².